The van der Waals surface area contributed by atoms with E-state index in [1.165, 1.54) is 11.6 Å². The van der Waals surface area contributed by atoms with E-state index >= 15 is 0 Å². The van der Waals surface area contributed by atoms with Crippen LogP contribution in [0, 0.1) is 20.8 Å². The molecule has 0 saturated heterocycles. The van der Waals surface area contributed by atoms with E-state index in [9.17, 15) is 4.79 Å². The first kappa shape index (κ1) is 17.3. The van der Waals surface area contributed by atoms with Crippen LogP contribution in [-0.4, -0.2) is 5.24 Å². The highest BCUT2D eigenvalue weighted by Gasteiger charge is 2.07. The van der Waals surface area contributed by atoms with Crippen LogP contribution in [0.3, 0.4) is 0 Å². The largest absolute Gasteiger partial charge is 0.466 e. The standard InChI is InChI=1S/C18H21ClO2/c1-12(7-6-8-13(2)11-18(19)20)9-10-17-14(3)15(4)21-16(17)5/h6-11H,1-5H3/b8-6+,10-9+,12-7+,13-11+. The lowest BCUT2D eigenvalue weighted by atomic mass is 10.1. The zero-order chi connectivity index (χ0) is 16.0. The maximum Gasteiger partial charge on any atom is 0.245 e. The molecule has 0 saturated carbocycles. The molecule has 0 aliphatic rings. The fourth-order valence-corrected chi connectivity index (χ4v) is 2.08. The van der Waals surface area contributed by atoms with Crippen LogP contribution < -0.4 is 0 Å². The molecule has 21 heavy (non-hydrogen) atoms. The second-order valence-corrected chi connectivity index (χ2v) is 5.42. The molecule has 1 heterocycles. The van der Waals surface area contributed by atoms with Gasteiger partial charge in [-0.15, -0.1) is 0 Å². The van der Waals surface area contributed by atoms with Gasteiger partial charge in [0.1, 0.15) is 11.5 Å². The van der Waals surface area contributed by atoms with E-state index in [2.05, 4.69) is 13.0 Å². The number of rotatable bonds is 5. The summed E-state index contributed by atoms with van der Waals surface area (Å²) in [6.45, 7) is 9.84. The summed E-state index contributed by atoms with van der Waals surface area (Å²) in [7, 11) is 0. The molecule has 2 nitrogen and oxygen atoms in total. The van der Waals surface area contributed by atoms with Crippen molar-refractivity contribution in [2.45, 2.75) is 34.6 Å². The predicted octanol–water partition coefficient (Wildman–Crippen LogP) is 5.43. The number of hydrogen-bond donors (Lipinski definition) is 0. The average Bonchev–Trinajstić information content (AvgIpc) is 2.60. The molecule has 0 N–H and O–H groups in total. The van der Waals surface area contributed by atoms with E-state index in [1.807, 2.05) is 52.0 Å². The predicted molar refractivity (Wildman–Crippen MR) is 89.5 cm³/mol. The van der Waals surface area contributed by atoms with Crippen LogP contribution in [0.15, 0.2) is 45.9 Å². The van der Waals surface area contributed by atoms with E-state index in [1.54, 1.807) is 0 Å². The van der Waals surface area contributed by atoms with E-state index < -0.39 is 5.24 Å². The summed E-state index contributed by atoms with van der Waals surface area (Å²) in [5.41, 5.74) is 4.23. The number of hydrogen-bond acceptors (Lipinski definition) is 2. The number of carbonyl (C=O) groups is 1. The van der Waals surface area contributed by atoms with Gasteiger partial charge in [-0.2, -0.15) is 0 Å². The van der Waals surface area contributed by atoms with Crippen LogP contribution in [0.1, 0.15) is 36.5 Å². The van der Waals surface area contributed by atoms with Gasteiger partial charge in [0.05, 0.1) is 0 Å². The quantitative estimate of drug-likeness (QED) is 0.412. The maximum absolute atomic E-state index is 10.7. The molecule has 3 heteroatoms. The fraction of sp³-hybridized carbons (Fsp3) is 0.278. The second-order valence-electron chi connectivity index (χ2n) is 5.05. The van der Waals surface area contributed by atoms with E-state index in [0.29, 0.717) is 0 Å². The number of carbonyl (C=O) groups excluding carboxylic acids is 1. The molecule has 0 atom stereocenters. The zero-order valence-electron chi connectivity index (χ0n) is 13.2. The Kier molecular flexibility index (Phi) is 6.44. The number of halogens is 1. The van der Waals surface area contributed by atoms with Crippen molar-refractivity contribution in [1.82, 2.24) is 0 Å². The van der Waals surface area contributed by atoms with Gasteiger partial charge in [-0.05, 0) is 57.4 Å². The lowest BCUT2D eigenvalue weighted by molar-refractivity contribution is -0.107. The first-order valence-electron chi connectivity index (χ1n) is 6.78. The van der Waals surface area contributed by atoms with Gasteiger partial charge in [0.15, 0.2) is 0 Å². The Labute approximate surface area is 131 Å². The molecule has 1 rings (SSSR count). The average molecular weight is 305 g/mol. The van der Waals surface area contributed by atoms with Crippen LogP contribution in [0.2, 0.25) is 0 Å². The smallest absolute Gasteiger partial charge is 0.245 e. The molecule has 1 aromatic rings. The Morgan fingerprint density at radius 1 is 1.05 bits per heavy atom. The SMILES string of the molecule is CC(/C=C/c1c(C)oc(C)c1C)=C\C=C\C(C)=C\C(=O)Cl. The number of aryl methyl sites for hydroxylation is 2. The summed E-state index contributed by atoms with van der Waals surface area (Å²) in [6.07, 6.45) is 11.2. The van der Waals surface area contributed by atoms with Gasteiger partial charge in [-0.3, -0.25) is 4.79 Å². The first-order valence-corrected chi connectivity index (χ1v) is 7.16. The Morgan fingerprint density at radius 3 is 2.24 bits per heavy atom. The van der Waals surface area contributed by atoms with Crippen LogP contribution in [-0.2, 0) is 4.79 Å². The third-order valence-corrected chi connectivity index (χ3v) is 3.30. The van der Waals surface area contributed by atoms with Gasteiger partial charge >= 0.3 is 0 Å². The summed E-state index contributed by atoms with van der Waals surface area (Å²) in [6, 6.07) is 0. The summed E-state index contributed by atoms with van der Waals surface area (Å²) in [5.74, 6) is 1.89. The second kappa shape index (κ2) is 7.84. The van der Waals surface area contributed by atoms with Crippen molar-refractivity contribution in [3.8, 4) is 0 Å². The summed E-state index contributed by atoms with van der Waals surface area (Å²) in [5, 5.41) is -0.459. The highest BCUT2D eigenvalue weighted by atomic mass is 35.5. The Bertz CT molecular complexity index is 640. The molecule has 0 fully saturated rings. The molecular formula is C18H21ClO2. The molecule has 0 amide bonds. The highest BCUT2D eigenvalue weighted by Crippen LogP contribution is 2.22. The molecule has 0 radical (unpaired) electrons. The summed E-state index contributed by atoms with van der Waals surface area (Å²) < 4.78 is 5.59. The molecule has 1 aromatic heterocycles. The molecule has 0 spiro atoms. The van der Waals surface area contributed by atoms with Crippen LogP contribution in [0.4, 0.5) is 0 Å². The van der Waals surface area contributed by atoms with Crippen molar-refractivity contribution < 1.29 is 9.21 Å². The maximum atomic E-state index is 10.7. The zero-order valence-corrected chi connectivity index (χ0v) is 13.9. The molecule has 0 bridgehead atoms. The van der Waals surface area contributed by atoms with Gasteiger partial charge in [0.25, 0.3) is 0 Å². The Balaban J connectivity index is 2.79. The van der Waals surface area contributed by atoms with Gasteiger partial charge < -0.3 is 4.42 Å². The lowest BCUT2D eigenvalue weighted by Gasteiger charge is -1.93. The van der Waals surface area contributed by atoms with Gasteiger partial charge in [-0.25, -0.2) is 0 Å². The first-order chi connectivity index (χ1) is 9.81. The van der Waals surface area contributed by atoms with Gasteiger partial charge in [-0.1, -0.05) is 36.0 Å². The minimum atomic E-state index is -0.459. The van der Waals surface area contributed by atoms with Crippen molar-refractivity contribution in [3.63, 3.8) is 0 Å². The summed E-state index contributed by atoms with van der Waals surface area (Å²) >= 11 is 5.28. The minimum Gasteiger partial charge on any atom is -0.466 e. The fourth-order valence-electron chi connectivity index (χ4n) is 1.91. The molecule has 0 aromatic carbocycles. The molecule has 0 unspecified atom stereocenters. The normalized spacial score (nSPS) is 13.6. The van der Waals surface area contributed by atoms with E-state index in [-0.39, 0.29) is 0 Å². The molecule has 0 aliphatic carbocycles. The summed E-state index contributed by atoms with van der Waals surface area (Å²) in [4.78, 5) is 10.7. The van der Waals surface area contributed by atoms with Crippen molar-refractivity contribution >= 4 is 22.9 Å². The van der Waals surface area contributed by atoms with E-state index in [4.69, 9.17) is 16.0 Å². The van der Waals surface area contributed by atoms with Crippen LogP contribution in [0.25, 0.3) is 6.08 Å². The molecule has 112 valence electrons. The Morgan fingerprint density at radius 2 is 1.71 bits per heavy atom. The van der Waals surface area contributed by atoms with E-state index in [0.717, 1.165) is 28.2 Å². The third-order valence-electron chi connectivity index (χ3n) is 3.19. The van der Waals surface area contributed by atoms with Crippen molar-refractivity contribution in [2.24, 2.45) is 0 Å². The van der Waals surface area contributed by atoms with Crippen LogP contribution in [0.5, 0.6) is 0 Å². The van der Waals surface area contributed by atoms with Gasteiger partial charge in [0, 0.05) is 11.6 Å². The molecule has 0 aliphatic heterocycles. The Hall–Kier alpha value is -1.80. The topological polar surface area (TPSA) is 30.2 Å². The minimum absolute atomic E-state index is 0.459. The van der Waals surface area contributed by atoms with Crippen molar-refractivity contribution in [3.05, 3.63) is 64.2 Å². The third kappa shape index (κ3) is 5.60. The van der Waals surface area contributed by atoms with Crippen molar-refractivity contribution in [1.29, 1.82) is 0 Å². The number of allylic oxidation sites excluding steroid dienone is 7. The van der Waals surface area contributed by atoms with Gasteiger partial charge in [0.2, 0.25) is 5.24 Å². The number of furan rings is 1. The lowest BCUT2D eigenvalue weighted by Crippen LogP contribution is -1.79. The monoisotopic (exact) mass is 304 g/mol. The van der Waals surface area contributed by atoms with Crippen LogP contribution >= 0.6 is 11.6 Å². The van der Waals surface area contributed by atoms with Crippen molar-refractivity contribution in [2.75, 3.05) is 0 Å². The molecular weight excluding hydrogens is 284 g/mol. The highest BCUT2D eigenvalue weighted by molar-refractivity contribution is 6.66.